The minimum absolute atomic E-state index is 0.349. The van der Waals surface area contributed by atoms with Gasteiger partial charge in [0.1, 0.15) is 12.3 Å². The number of nitrogens with zero attached hydrogens (tertiary/aromatic N) is 1. The molecule has 4 heteroatoms. The zero-order chi connectivity index (χ0) is 12.8. The van der Waals surface area contributed by atoms with E-state index in [1.807, 2.05) is 24.0 Å². The van der Waals surface area contributed by atoms with Gasteiger partial charge in [-0.1, -0.05) is 6.92 Å². The van der Waals surface area contributed by atoms with Crippen LogP contribution >= 0.6 is 0 Å². The number of primary amides is 1. The van der Waals surface area contributed by atoms with E-state index >= 15 is 0 Å². The van der Waals surface area contributed by atoms with Crippen molar-refractivity contribution in [3.8, 4) is 0 Å². The largest absolute Gasteiger partial charge is 0.368 e. The maximum absolute atomic E-state index is 11.2. The standard InChI is InChI=1S/C13H18N2O2/c1-3-8-15(10(2)13(14)17)12-6-4-11(9-16)5-7-12/h4-7,9-10H,3,8H2,1-2H3,(H2,14,17). The zero-order valence-corrected chi connectivity index (χ0v) is 10.2. The zero-order valence-electron chi connectivity index (χ0n) is 10.2. The summed E-state index contributed by atoms with van der Waals surface area (Å²) in [5.41, 5.74) is 6.85. The molecule has 1 amide bonds. The summed E-state index contributed by atoms with van der Waals surface area (Å²) in [7, 11) is 0. The van der Waals surface area contributed by atoms with Gasteiger partial charge in [-0.3, -0.25) is 9.59 Å². The number of carbonyl (C=O) groups excluding carboxylic acids is 2. The molecule has 1 aromatic rings. The van der Waals surface area contributed by atoms with Gasteiger partial charge in [0.2, 0.25) is 5.91 Å². The Morgan fingerprint density at radius 2 is 2.00 bits per heavy atom. The van der Waals surface area contributed by atoms with Crippen molar-refractivity contribution >= 4 is 17.9 Å². The molecule has 0 saturated carbocycles. The number of carbonyl (C=O) groups is 2. The van der Waals surface area contributed by atoms with E-state index in [9.17, 15) is 9.59 Å². The fourth-order valence-corrected chi connectivity index (χ4v) is 1.69. The lowest BCUT2D eigenvalue weighted by molar-refractivity contribution is -0.118. The van der Waals surface area contributed by atoms with E-state index in [1.54, 1.807) is 19.1 Å². The van der Waals surface area contributed by atoms with Crippen LogP contribution < -0.4 is 10.6 Å². The predicted octanol–water partition coefficient (Wildman–Crippen LogP) is 1.59. The summed E-state index contributed by atoms with van der Waals surface area (Å²) >= 11 is 0. The van der Waals surface area contributed by atoms with Gasteiger partial charge in [0.15, 0.2) is 0 Å². The lowest BCUT2D eigenvalue weighted by atomic mass is 10.1. The van der Waals surface area contributed by atoms with E-state index in [-0.39, 0.29) is 11.9 Å². The van der Waals surface area contributed by atoms with Crippen LogP contribution in [-0.2, 0) is 4.79 Å². The average molecular weight is 234 g/mol. The second kappa shape index (κ2) is 6.03. The van der Waals surface area contributed by atoms with Crippen molar-refractivity contribution in [2.45, 2.75) is 26.3 Å². The minimum atomic E-state index is -0.350. The van der Waals surface area contributed by atoms with Crippen LogP contribution in [0, 0.1) is 0 Å². The fourth-order valence-electron chi connectivity index (χ4n) is 1.69. The molecule has 0 heterocycles. The van der Waals surface area contributed by atoms with Crippen LogP contribution in [0.2, 0.25) is 0 Å². The molecule has 0 aliphatic rings. The molecule has 4 nitrogen and oxygen atoms in total. The van der Waals surface area contributed by atoms with Crippen LogP contribution in [0.4, 0.5) is 5.69 Å². The Labute approximate surface area is 101 Å². The molecule has 0 bridgehead atoms. The Bertz CT molecular complexity index is 387. The number of hydrogen-bond acceptors (Lipinski definition) is 3. The van der Waals surface area contributed by atoms with Crippen molar-refractivity contribution < 1.29 is 9.59 Å². The molecule has 1 atom stereocenters. The number of hydrogen-bond donors (Lipinski definition) is 1. The first kappa shape index (κ1) is 13.2. The lowest BCUT2D eigenvalue weighted by Gasteiger charge is -2.29. The SMILES string of the molecule is CCCN(c1ccc(C=O)cc1)C(C)C(N)=O. The van der Waals surface area contributed by atoms with Crippen molar-refractivity contribution in [3.63, 3.8) is 0 Å². The molecular weight excluding hydrogens is 216 g/mol. The van der Waals surface area contributed by atoms with Crippen LogP contribution in [0.25, 0.3) is 0 Å². The first-order valence-corrected chi connectivity index (χ1v) is 5.71. The van der Waals surface area contributed by atoms with E-state index in [4.69, 9.17) is 5.73 Å². The third kappa shape index (κ3) is 3.31. The van der Waals surface area contributed by atoms with Gasteiger partial charge in [0.05, 0.1) is 0 Å². The van der Waals surface area contributed by atoms with Gasteiger partial charge in [-0.2, -0.15) is 0 Å². The van der Waals surface area contributed by atoms with E-state index in [0.717, 1.165) is 24.9 Å². The molecule has 1 aromatic carbocycles. The van der Waals surface area contributed by atoms with Crippen molar-refractivity contribution in [2.24, 2.45) is 5.73 Å². The van der Waals surface area contributed by atoms with E-state index < -0.39 is 0 Å². The second-order valence-electron chi connectivity index (χ2n) is 3.98. The number of rotatable bonds is 6. The Balaban J connectivity index is 2.96. The van der Waals surface area contributed by atoms with Gasteiger partial charge >= 0.3 is 0 Å². The normalized spacial score (nSPS) is 11.9. The predicted molar refractivity (Wildman–Crippen MR) is 68.1 cm³/mol. The van der Waals surface area contributed by atoms with Crippen LogP contribution in [0.15, 0.2) is 24.3 Å². The Morgan fingerprint density at radius 1 is 1.41 bits per heavy atom. The molecule has 0 aromatic heterocycles. The Hall–Kier alpha value is -1.84. The summed E-state index contributed by atoms with van der Waals surface area (Å²) in [6, 6.07) is 6.78. The van der Waals surface area contributed by atoms with Crippen molar-refractivity contribution in [1.82, 2.24) is 0 Å². The third-order valence-corrected chi connectivity index (χ3v) is 2.70. The van der Waals surface area contributed by atoms with E-state index in [2.05, 4.69) is 0 Å². The first-order chi connectivity index (χ1) is 8.10. The number of benzene rings is 1. The maximum Gasteiger partial charge on any atom is 0.239 e. The maximum atomic E-state index is 11.2. The van der Waals surface area contributed by atoms with Crippen molar-refractivity contribution in [1.29, 1.82) is 0 Å². The summed E-state index contributed by atoms with van der Waals surface area (Å²) in [5, 5.41) is 0. The van der Waals surface area contributed by atoms with E-state index in [0.29, 0.717) is 5.56 Å². The summed E-state index contributed by atoms with van der Waals surface area (Å²) in [6.07, 6.45) is 1.72. The molecule has 0 aliphatic carbocycles. The highest BCUT2D eigenvalue weighted by atomic mass is 16.1. The molecule has 1 unspecified atom stereocenters. The molecular formula is C13H18N2O2. The Kier molecular flexibility index (Phi) is 4.69. The molecule has 17 heavy (non-hydrogen) atoms. The number of nitrogens with two attached hydrogens (primary N) is 1. The van der Waals surface area contributed by atoms with Crippen LogP contribution in [0.5, 0.6) is 0 Å². The molecule has 1 rings (SSSR count). The highest BCUT2D eigenvalue weighted by Crippen LogP contribution is 2.18. The second-order valence-corrected chi connectivity index (χ2v) is 3.98. The van der Waals surface area contributed by atoms with Crippen LogP contribution in [0.3, 0.4) is 0 Å². The molecule has 0 spiro atoms. The number of anilines is 1. The molecule has 0 radical (unpaired) electrons. The topological polar surface area (TPSA) is 63.4 Å². The molecule has 92 valence electrons. The average Bonchev–Trinajstić information content (AvgIpc) is 2.35. The lowest BCUT2D eigenvalue weighted by Crippen LogP contribution is -2.43. The van der Waals surface area contributed by atoms with Gasteiger partial charge in [-0.15, -0.1) is 0 Å². The van der Waals surface area contributed by atoms with Crippen molar-refractivity contribution in [3.05, 3.63) is 29.8 Å². The quantitative estimate of drug-likeness (QED) is 0.760. The van der Waals surface area contributed by atoms with Gasteiger partial charge in [-0.25, -0.2) is 0 Å². The van der Waals surface area contributed by atoms with Crippen LogP contribution in [0.1, 0.15) is 30.6 Å². The highest BCUT2D eigenvalue weighted by Gasteiger charge is 2.18. The summed E-state index contributed by atoms with van der Waals surface area (Å²) < 4.78 is 0. The summed E-state index contributed by atoms with van der Waals surface area (Å²) in [6.45, 7) is 4.58. The fraction of sp³-hybridized carbons (Fsp3) is 0.385. The first-order valence-electron chi connectivity index (χ1n) is 5.71. The monoisotopic (exact) mass is 234 g/mol. The van der Waals surface area contributed by atoms with Gasteiger partial charge in [0.25, 0.3) is 0 Å². The molecule has 2 N–H and O–H groups in total. The van der Waals surface area contributed by atoms with Gasteiger partial charge in [0, 0.05) is 17.8 Å². The number of aldehydes is 1. The van der Waals surface area contributed by atoms with E-state index in [1.165, 1.54) is 0 Å². The Morgan fingerprint density at radius 3 is 2.41 bits per heavy atom. The minimum Gasteiger partial charge on any atom is -0.368 e. The molecule has 0 saturated heterocycles. The third-order valence-electron chi connectivity index (χ3n) is 2.70. The smallest absolute Gasteiger partial charge is 0.239 e. The van der Waals surface area contributed by atoms with Gasteiger partial charge < -0.3 is 10.6 Å². The number of amides is 1. The van der Waals surface area contributed by atoms with Crippen molar-refractivity contribution in [2.75, 3.05) is 11.4 Å². The molecule has 0 fully saturated rings. The summed E-state index contributed by atoms with van der Waals surface area (Å²) in [5.74, 6) is -0.349. The van der Waals surface area contributed by atoms with Gasteiger partial charge in [-0.05, 0) is 37.6 Å². The van der Waals surface area contributed by atoms with Crippen LogP contribution in [-0.4, -0.2) is 24.8 Å². The molecule has 0 aliphatic heterocycles. The summed E-state index contributed by atoms with van der Waals surface area (Å²) in [4.78, 5) is 23.7. The highest BCUT2D eigenvalue weighted by molar-refractivity contribution is 5.83.